The molecule has 0 aromatic heterocycles. The van der Waals surface area contributed by atoms with Crippen LogP contribution in [0, 0.1) is 0 Å². The molecular formula is C70H121NO13. The lowest BCUT2D eigenvalue weighted by Crippen LogP contribution is -2.65. The predicted octanol–water partition coefficient (Wildman–Crippen LogP) is 13.0. The lowest BCUT2D eigenvalue weighted by Gasteiger charge is -2.46. The molecule has 2 aliphatic rings. The summed E-state index contributed by atoms with van der Waals surface area (Å²) < 4.78 is 22.7. The highest BCUT2D eigenvalue weighted by molar-refractivity contribution is 5.76. The van der Waals surface area contributed by atoms with E-state index in [4.69, 9.17) is 18.9 Å². The smallest absolute Gasteiger partial charge is 0.220 e. The minimum Gasteiger partial charge on any atom is -0.394 e. The minimum absolute atomic E-state index is 0.252. The fourth-order valence-electron chi connectivity index (χ4n) is 10.4. The van der Waals surface area contributed by atoms with Gasteiger partial charge in [-0.1, -0.05) is 252 Å². The molecule has 0 aliphatic carbocycles. The van der Waals surface area contributed by atoms with Crippen molar-refractivity contribution in [3.8, 4) is 0 Å². The average molecular weight is 1180 g/mol. The maximum Gasteiger partial charge on any atom is 0.220 e. The largest absolute Gasteiger partial charge is 0.394 e. The summed E-state index contributed by atoms with van der Waals surface area (Å²) in [5.41, 5.74) is 0. The van der Waals surface area contributed by atoms with Crippen molar-refractivity contribution >= 4 is 5.91 Å². The van der Waals surface area contributed by atoms with Gasteiger partial charge < -0.3 is 65.1 Å². The summed E-state index contributed by atoms with van der Waals surface area (Å²) in [5.74, 6) is -0.252. The van der Waals surface area contributed by atoms with E-state index in [1.807, 2.05) is 6.08 Å². The molecular weight excluding hydrogens is 1060 g/mol. The number of hydrogen-bond acceptors (Lipinski definition) is 13. The Morgan fingerprint density at radius 1 is 0.440 bits per heavy atom. The highest BCUT2D eigenvalue weighted by Crippen LogP contribution is 2.30. The van der Waals surface area contributed by atoms with Crippen LogP contribution in [0.5, 0.6) is 0 Å². The van der Waals surface area contributed by atoms with Gasteiger partial charge in [-0.05, 0) is 83.5 Å². The van der Waals surface area contributed by atoms with E-state index in [0.717, 1.165) is 77.0 Å². The summed E-state index contributed by atoms with van der Waals surface area (Å²) in [4.78, 5) is 13.2. The van der Waals surface area contributed by atoms with Crippen molar-refractivity contribution in [3.05, 3.63) is 97.2 Å². The van der Waals surface area contributed by atoms with Crippen LogP contribution in [-0.2, 0) is 23.7 Å². The molecule has 9 N–H and O–H groups in total. The average Bonchev–Trinajstić information content (AvgIpc) is 2.28. The van der Waals surface area contributed by atoms with Gasteiger partial charge in [-0.3, -0.25) is 4.79 Å². The van der Waals surface area contributed by atoms with Crippen molar-refractivity contribution in [2.75, 3.05) is 19.8 Å². The Kier molecular flexibility index (Phi) is 49.6. The van der Waals surface area contributed by atoms with Gasteiger partial charge in [0.15, 0.2) is 12.6 Å². The first-order valence-corrected chi connectivity index (χ1v) is 33.5. The third kappa shape index (κ3) is 38.2. The van der Waals surface area contributed by atoms with Gasteiger partial charge in [-0.25, -0.2) is 0 Å². The van der Waals surface area contributed by atoms with E-state index in [2.05, 4.69) is 104 Å². The number of unbranched alkanes of at least 4 members (excludes halogenated alkanes) is 26. The third-order valence-corrected chi connectivity index (χ3v) is 15.8. The molecule has 2 fully saturated rings. The van der Waals surface area contributed by atoms with Gasteiger partial charge in [-0.2, -0.15) is 0 Å². The number of nitrogens with one attached hydrogen (secondary N) is 1. The molecule has 0 spiro atoms. The molecule has 2 saturated heterocycles. The summed E-state index contributed by atoms with van der Waals surface area (Å²) >= 11 is 0. The second-order valence-electron chi connectivity index (χ2n) is 23.2. The number of ether oxygens (including phenoxy) is 4. The number of rotatable bonds is 53. The number of aliphatic hydroxyl groups excluding tert-OH is 8. The Labute approximate surface area is 509 Å². The molecule has 14 heteroatoms. The lowest BCUT2D eigenvalue weighted by molar-refractivity contribution is -0.359. The molecule has 0 saturated carbocycles. The Morgan fingerprint density at radius 3 is 1.31 bits per heavy atom. The van der Waals surface area contributed by atoms with Gasteiger partial charge in [-0.15, -0.1) is 0 Å². The molecule has 484 valence electrons. The molecule has 0 bridgehead atoms. The Bertz CT molecular complexity index is 1780. The van der Waals surface area contributed by atoms with Crippen LogP contribution in [-0.4, -0.2) is 140 Å². The van der Waals surface area contributed by atoms with Crippen LogP contribution in [0.3, 0.4) is 0 Å². The quantitative estimate of drug-likeness (QED) is 0.0204. The predicted molar refractivity (Wildman–Crippen MR) is 341 cm³/mol. The topological polar surface area (TPSA) is 228 Å². The fourth-order valence-corrected chi connectivity index (χ4v) is 10.4. The first kappa shape index (κ1) is 77.0. The molecule has 84 heavy (non-hydrogen) atoms. The summed E-state index contributed by atoms with van der Waals surface area (Å²) in [6.45, 7) is 2.60. The molecule has 12 unspecified atom stereocenters. The summed E-state index contributed by atoms with van der Waals surface area (Å²) in [6, 6.07) is -0.931. The standard InChI is InChI=1S/C70H121NO13/c1-3-5-7-9-11-13-14-15-16-17-18-19-20-21-22-23-24-25-26-27-28-29-30-31-32-33-34-35-36-37-38-39-40-41-42-43-44-46-48-50-52-54-62(75)71-58(59(74)53-51-49-47-45-12-10-8-6-4-2)57-81-69-67(80)65(78)68(61(56-73)83-69)84-70-66(79)64(77)63(76)60(55-72)82-70/h5,7,11-13,15-16,18-19,21-22,24-25,45,51,53,58-61,63-70,72-74,76-80H,3-4,6,8-10,14,17,20,23,26-44,46-50,52,54-57H2,1-2H3,(H,71,75)/b7-5-,13-11-,16-15-,19-18-,22-21-,25-24-,45-12+,53-51+. The molecule has 12 atom stereocenters. The maximum atomic E-state index is 13.2. The lowest BCUT2D eigenvalue weighted by atomic mass is 9.97. The normalized spacial score (nSPS) is 24.3. The van der Waals surface area contributed by atoms with E-state index in [-0.39, 0.29) is 18.9 Å². The van der Waals surface area contributed by atoms with Crippen molar-refractivity contribution in [2.45, 2.75) is 319 Å². The van der Waals surface area contributed by atoms with E-state index >= 15 is 0 Å². The highest BCUT2D eigenvalue weighted by atomic mass is 16.7. The summed E-state index contributed by atoms with van der Waals surface area (Å²) in [5, 5.41) is 86.9. The molecule has 2 aliphatic heterocycles. The van der Waals surface area contributed by atoms with Crippen LogP contribution >= 0.6 is 0 Å². The SMILES string of the molecule is CC/C=C\C/C=C\C/C=C\C/C=C\C/C=C\C/C=C\CCCCCCCCCCCCCCCCCCCCCCCCC(=O)NC(COC1OC(CO)C(OC2OC(CO)C(O)C(O)C2O)C(O)C1O)C(O)/C=C/CC/C=C/CCCCC. The van der Waals surface area contributed by atoms with Crippen LogP contribution in [0.25, 0.3) is 0 Å². The monoisotopic (exact) mass is 1180 g/mol. The van der Waals surface area contributed by atoms with Crippen molar-refractivity contribution in [3.63, 3.8) is 0 Å². The van der Waals surface area contributed by atoms with Crippen LogP contribution in [0.1, 0.15) is 245 Å². The van der Waals surface area contributed by atoms with Crippen molar-refractivity contribution in [2.24, 2.45) is 0 Å². The second kappa shape index (κ2) is 54.1. The molecule has 14 nitrogen and oxygen atoms in total. The number of carbonyl (C=O) groups is 1. The maximum absolute atomic E-state index is 13.2. The molecule has 2 rings (SSSR count). The molecule has 0 aromatic rings. The van der Waals surface area contributed by atoms with Crippen LogP contribution in [0.4, 0.5) is 0 Å². The molecule has 0 radical (unpaired) electrons. The van der Waals surface area contributed by atoms with Crippen LogP contribution < -0.4 is 5.32 Å². The zero-order valence-corrected chi connectivity index (χ0v) is 52.4. The number of hydrogen-bond donors (Lipinski definition) is 9. The Morgan fingerprint density at radius 2 is 0.833 bits per heavy atom. The van der Waals surface area contributed by atoms with Crippen molar-refractivity contribution in [1.29, 1.82) is 0 Å². The summed E-state index contributed by atoms with van der Waals surface area (Å²) in [6.07, 6.45) is 59.5. The van der Waals surface area contributed by atoms with E-state index in [0.29, 0.717) is 12.8 Å². The van der Waals surface area contributed by atoms with Gasteiger partial charge in [0.1, 0.15) is 48.8 Å². The van der Waals surface area contributed by atoms with Crippen LogP contribution in [0.2, 0.25) is 0 Å². The highest BCUT2D eigenvalue weighted by Gasteiger charge is 2.51. The van der Waals surface area contributed by atoms with Gasteiger partial charge in [0.05, 0.1) is 32.0 Å². The second-order valence-corrected chi connectivity index (χ2v) is 23.2. The van der Waals surface area contributed by atoms with Gasteiger partial charge in [0, 0.05) is 6.42 Å². The van der Waals surface area contributed by atoms with E-state index in [1.165, 1.54) is 135 Å². The number of carbonyl (C=O) groups excluding carboxylic acids is 1. The zero-order valence-electron chi connectivity index (χ0n) is 52.4. The van der Waals surface area contributed by atoms with E-state index < -0.39 is 86.8 Å². The first-order chi connectivity index (χ1) is 41.1. The molecule has 2 heterocycles. The van der Waals surface area contributed by atoms with Crippen molar-refractivity contribution < 1.29 is 64.6 Å². The van der Waals surface area contributed by atoms with E-state index in [9.17, 15) is 45.6 Å². The number of amides is 1. The Balaban J connectivity index is 1.52. The summed E-state index contributed by atoms with van der Waals surface area (Å²) in [7, 11) is 0. The van der Waals surface area contributed by atoms with Crippen molar-refractivity contribution in [1.82, 2.24) is 5.32 Å². The minimum atomic E-state index is -1.79. The van der Waals surface area contributed by atoms with Gasteiger partial charge >= 0.3 is 0 Å². The Hall–Kier alpha value is -3.09. The number of aliphatic hydroxyl groups is 8. The third-order valence-electron chi connectivity index (χ3n) is 15.8. The molecule has 0 aromatic carbocycles. The van der Waals surface area contributed by atoms with Crippen LogP contribution in [0.15, 0.2) is 97.2 Å². The first-order valence-electron chi connectivity index (χ1n) is 33.5. The van der Waals surface area contributed by atoms with Gasteiger partial charge in [0.25, 0.3) is 0 Å². The number of allylic oxidation sites excluding steroid dienone is 15. The van der Waals surface area contributed by atoms with E-state index in [1.54, 1.807) is 6.08 Å². The molecule has 1 amide bonds. The zero-order chi connectivity index (χ0) is 60.9. The van der Waals surface area contributed by atoms with Gasteiger partial charge in [0.2, 0.25) is 5.91 Å². The fraction of sp³-hybridized carbons (Fsp3) is 0.757.